The molecular weight excluding hydrogens is 258 g/mol. The highest BCUT2D eigenvalue weighted by atomic mass is 79.9. The summed E-state index contributed by atoms with van der Waals surface area (Å²) in [4.78, 5) is 0. The summed E-state index contributed by atoms with van der Waals surface area (Å²) in [7, 11) is 1.63. The van der Waals surface area contributed by atoms with E-state index in [1.165, 1.54) is 0 Å². The summed E-state index contributed by atoms with van der Waals surface area (Å²) in [6.45, 7) is 3.69. The average Bonchev–Trinajstić information content (AvgIpc) is 2.20. The number of halogens is 1. The molecule has 0 aliphatic rings. The molecule has 2 N–H and O–H groups in total. The number of hydrogen-bond acceptors (Lipinski definition) is 3. The maximum atomic E-state index is 9.36. The minimum Gasteiger partial charge on any atom is -0.495 e. The smallest absolute Gasteiger partial charge is 0.135 e. The van der Waals surface area contributed by atoms with Gasteiger partial charge in [-0.2, -0.15) is 0 Å². The molecule has 2 atom stereocenters. The van der Waals surface area contributed by atoms with Gasteiger partial charge in [0.25, 0.3) is 0 Å². The molecule has 0 saturated heterocycles. The monoisotopic (exact) mass is 273 g/mol. The molecule has 3 nitrogen and oxygen atoms in total. The van der Waals surface area contributed by atoms with Crippen LogP contribution in [0.3, 0.4) is 0 Å². The van der Waals surface area contributed by atoms with Gasteiger partial charge in [0.1, 0.15) is 5.75 Å². The van der Waals surface area contributed by atoms with E-state index in [1.54, 1.807) is 14.0 Å². The number of anilines is 1. The van der Waals surface area contributed by atoms with Crippen LogP contribution in [0.15, 0.2) is 22.7 Å². The Morgan fingerprint density at radius 2 is 2.07 bits per heavy atom. The maximum Gasteiger partial charge on any atom is 0.135 e. The van der Waals surface area contributed by atoms with Gasteiger partial charge in [-0.15, -0.1) is 0 Å². The van der Waals surface area contributed by atoms with Crippen LogP contribution in [0.5, 0.6) is 5.75 Å². The summed E-state index contributed by atoms with van der Waals surface area (Å²) in [5.74, 6) is 0.776. The Hall–Kier alpha value is -0.740. The summed E-state index contributed by atoms with van der Waals surface area (Å²) in [5, 5.41) is 12.6. The fourth-order valence-electron chi connectivity index (χ4n) is 1.13. The molecular formula is C11H16BrNO2. The van der Waals surface area contributed by atoms with Crippen molar-refractivity contribution in [2.75, 3.05) is 12.4 Å². The molecule has 0 aliphatic carbocycles. The number of methoxy groups -OCH3 is 1. The Kier molecular flexibility index (Phi) is 4.42. The molecule has 0 heterocycles. The Labute approximate surface area is 98.6 Å². The quantitative estimate of drug-likeness (QED) is 0.886. The molecule has 0 aromatic heterocycles. The number of aliphatic hydroxyl groups excluding tert-OH is 1. The fourth-order valence-corrected chi connectivity index (χ4v) is 1.54. The van der Waals surface area contributed by atoms with Crippen LogP contribution in [0.2, 0.25) is 0 Å². The van der Waals surface area contributed by atoms with Crippen LogP contribution < -0.4 is 10.1 Å². The molecule has 0 amide bonds. The Bertz CT molecular complexity index is 328. The van der Waals surface area contributed by atoms with E-state index in [1.807, 2.05) is 25.1 Å². The predicted molar refractivity (Wildman–Crippen MR) is 65.5 cm³/mol. The highest BCUT2D eigenvalue weighted by molar-refractivity contribution is 9.10. The van der Waals surface area contributed by atoms with Gasteiger partial charge in [-0.1, -0.05) is 0 Å². The van der Waals surface area contributed by atoms with Crippen molar-refractivity contribution in [1.29, 1.82) is 0 Å². The van der Waals surface area contributed by atoms with Crippen molar-refractivity contribution in [2.24, 2.45) is 0 Å². The van der Waals surface area contributed by atoms with Gasteiger partial charge < -0.3 is 15.2 Å². The lowest BCUT2D eigenvalue weighted by atomic mass is 10.2. The number of benzene rings is 1. The number of hydrogen-bond donors (Lipinski definition) is 2. The maximum absolute atomic E-state index is 9.36. The van der Waals surface area contributed by atoms with Gasteiger partial charge in [0, 0.05) is 17.8 Å². The topological polar surface area (TPSA) is 41.5 Å². The summed E-state index contributed by atoms with van der Waals surface area (Å²) in [6.07, 6.45) is -0.389. The third kappa shape index (κ3) is 3.39. The van der Waals surface area contributed by atoms with Crippen LogP contribution in [-0.4, -0.2) is 24.4 Å². The van der Waals surface area contributed by atoms with Crippen molar-refractivity contribution in [2.45, 2.75) is 26.0 Å². The van der Waals surface area contributed by atoms with Gasteiger partial charge in [-0.25, -0.2) is 0 Å². The lowest BCUT2D eigenvalue weighted by Gasteiger charge is -2.18. The van der Waals surface area contributed by atoms with Crippen LogP contribution in [-0.2, 0) is 0 Å². The molecule has 1 aromatic carbocycles. The summed E-state index contributed by atoms with van der Waals surface area (Å²) in [5.41, 5.74) is 0.934. The van der Waals surface area contributed by atoms with Crippen molar-refractivity contribution in [3.8, 4) is 5.75 Å². The largest absolute Gasteiger partial charge is 0.495 e. The van der Waals surface area contributed by atoms with Gasteiger partial charge in [-0.05, 0) is 41.9 Å². The molecule has 84 valence electrons. The zero-order valence-corrected chi connectivity index (χ0v) is 10.7. The lowest BCUT2D eigenvalue weighted by molar-refractivity contribution is 0.178. The molecule has 1 aromatic rings. The molecule has 0 bridgehead atoms. The average molecular weight is 274 g/mol. The molecule has 4 heteroatoms. The Morgan fingerprint density at radius 3 is 2.60 bits per heavy atom. The second kappa shape index (κ2) is 5.37. The Morgan fingerprint density at radius 1 is 1.40 bits per heavy atom. The van der Waals surface area contributed by atoms with Gasteiger partial charge in [0.15, 0.2) is 0 Å². The van der Waals surface area contributed by atoms with E-state index in [2.05, 4.69) is 21.2 Å². The lowest BCUT2D eigenvalue weighted by Crippen LogP contribution is -2.27. The standard InChI is InChI=1S/C11H16BrNO2/c1-7(8(2)14)13-9-4-5-10(12)11(6-9)15-3/h4-8,13-14H,1-3H3. The third-order valence-corrected chi connectivity index (χ3v) is 2.92. The normalized spacial score (nSPS) is 14.5. The first-order valence-corrected chi connectivity index (χ1v) is 5.62. The summed E-state index contributed by atoms with van der Waals surface area (Å²) in [6, 6.07) is 5.75. The van der Waals surface area contributed by atoms with E-state index >= 15 is 0 Å². The van der Waals surface area contributed by atoms with Crippen LogP contribution in [0.25, 0.3) is 0 Å². The van der Waals surface area contributed by atoms with Gasteiger partial charge in [0.2, 0.25) is 0 Å². The molecule has 15 heavy (non-hydrogen) atoms. The molecule has 0 spiro atoms. The minimum atomic E-state index is -0.389. The molecule has 0 aliphatic heterocycles. The number of rotatable bonds is 4. The van der Waals surface area contributed by atoms with Crippen molar-refractivity contribution >= 4 is 21.6 Å². The highest BCUT2D eigenvalue weighted by Crippen LogP contribution is 2.28. The van der Waals surface area contributed by atoms with Crippen LogP contribution in [0.4, 0.5) is 5.69 Å². The molecule has 0 radical (unpaired) electrons. The number of nitrogens with one attached hydrogen (secondary N) is 1. The van der Waals surface area contributed by atoms with Crippen molar-refractivity contribution in [1.82, 2.24) is 0 Å². The van der Waals surface area contributed by atoms with E-state index < -0.39 is 0 Å². The van der Waals surface area contributed by atoms with Crippen LogP contribution >= 0.6 is 15.9 Å². The van der Waals surface area contributed by atoms with E-state index in [-0.39, 0.29) is 12.1 Å². The van der Waals surface area contributed by atoms with E-state index in [9.17, 15) is 5.11 Å². The predicted octanol–water partition coefficient (Wildman–Crippen LogP) is 2.64. The second-order valence-corrected chi connectivity index (χ2v) is 4.38. The fraction of sp³-hybridized carbons (Fsp3) is 0.455. The first kappa shape index (κ1) is 12.3. The van der Waals surface area contributed by atoms with E-state index in [4.69, 9.17) is 4.74 Å². The summed E-state index contributed by atoms with van der Waals surface area (Å²) >= 11 is 3.38. The van der Waals surface area contributed by atoms with Crippen molar-refractivity contribution in [3.05, 3.63) is 22.7 Å². The van der Waals surface area contributed by atoms with Gasteiger partial charge in [0.05, 0.1) is 17.7 Å². The number of ether oxygens (including phenoxy) is 1. The van der Waals surface area contributed by atoms with Crippen molar-refractivity contribution < 1.29 is 9.84 Å². The third-order valence-electron chi connectivity index (χ3n) is 2.27. The van der Waals surface area contributed by atoms with Crippen LogP contribution in [0, 0.1) is 0 Å². The van der Waals surface area contributed by atoms with Gasteiger partial charge >= 0.3 is 0 Å². The zero-order chi connectivity index (χ0) is 11.4. The van der Waals surface area contributed by atoms with E-state index in [0.717, 1.165) is 15.9 Å². The molecule has 0 fully saturated rings. The molecule has 2 unspecified atom stereocenters. The van der Waals surface area contributed by atoms with Gasteiger partial charge in [-0.3, -0.25) is 0 Å². The SMILES string of the molecule is COc1cc(NC(C)C(C)O)ccc1Br. The van der Waals surface area contributed by atoms with E-state index in [0.29, 0.717) is 0 Å². The Balaban J connectivity index is 2.78. The second-order valence-electron chi connectivity index (χ2n) is 3.52. The first-order valence-electron chi connectivity index (χ1n) is 4.82. The van der Waals surface area contributed by atoms with Crippen LogP contribution in [0.1, 0.15) is 13.8 Å². The minimum absolute atomic E-state index is 0.0101. The summed E-state index contributed by atoms with van der Waals surface area (Å²) < 4.78 is 6.10. The number of aliphatic hydroxyl groups is 1. The highest BCUT2D eigenvalue weighted by Gasteiger charge is 2.09. The van der Waals surface area contributed by atoms with Crippen molar-refractivity contribution in [3.63, 3.8) is 0 Å². The molecule has 1 rings (SSSR count). The molecule has 0 saturated carbocycles. The zero-order valence-electron chi connectivity index (χ0n) is 9.12. The first-order chi connectivity index (χ1) is 7.04.